The minimum absolute atomic E-state index is 0.0581. The standard InChI is InChI=1S/C10H14BrNO2/c1-13-9-4-3-7(5-8(9)11)10(6-12)14-2/h3-5,10H,6,12H2,1-2H3. The molecule has 0 aliphatic carbocycles. The predicted octanol–water partition coefficient (Wildman–Crippen LogP) is 2.10. The molecule has 1 aromatic rings. The molecule has 1 aromatic carbocycles. The van der Waals surface area contributed by atoms with Gasteiger partial charge in [-0.1, -0.05) is 6.07 Å². The van der Waals surface area contributed by atoms with Gasteiger partial charge in [-0.05, 0) is 33.6 Å². The molecule has 0 amide bonds. The summed E-state index contributed by atoms with van der Waals surface area (Å²) in [6, 6.07) is 5.80. The Morgan fingerprint density at radius 3 is 2.57 bits per heavy atom. The van der Waals surface area contributed by atoms with Crippen molar-refractivity contribution in [2.24, 2.45) is 5.73 Å². The summed E-state index contributed by atoms with van der Waals surface area (Å²) in [5.74, 6) is 0.806. The number of ether oxygens (including phenoxy) is 2. The van der Waals surface area contributed by atoms with Gasteiger partial charge in [0.2, 0.25) is 0 Å². The van der Waals surface area contributed by atoms with Gasteiger partial charge in [-0.2, -0.15) is 0 Å². The molecule has 78 valence electrons. The second-order valence-electron chi connectivity index (χ2n) is 2.85. The van der Waals surface area contributed by atoms with Gasteiger partial charge in [-0.25, -0.2) is 0 Å². The highest BCUT2D eigenvalue weighted by Crippen LogP contribution is 2.28. The van der Waals surface area contributed by atoms with Gasteiger partial charge in [0.1, 0.15) is 5.75 Å². The van der Waals surface area contributed by atoms with Gasteiger partial charge in [0.25, 0.3) is 0 Å². The number of benzene rings is 1. The van der Waals surface area contributed by atoms with Gasteiger partial charge < -0.3 is 15.2 Å². The van der Waals surface area contributed by atoms with E-state index in [0.29, 0.717) is 6.54 Å². The van der Waals surface area contributed by atoms with Crippen molar-refractivity contribution in [3.63, 3.8) is 0 Å². The van der Waals surface area contributed by atoms with Gasteiger partial charge in [0.05, 0.1) is 17.7 Å². The number of hydrogen-bond donors (Lipinski definition) is 1. The highest BCUT2D eigenvalue weighted by atomic mass is 79.9. The second-order valence-corrected chi connectivity index (χ2v) is 3.71. The first-order valence-corrected chi connectivity index (χ1v) is 5.08. The van der Waals surface area contributed by atoms with Gasteiger partial charge in [-0.3, -0.25) is 0 Å². The lowest BCUT2D eigenvalue weighted by molar-refractivity contribution is 0.110. The Hall–Kier alpha value is -0.580. The number of methoxy groups -OCH3 is 2. The van der Waals surface area contributed by atoms with E-state index in [1.807, 2.05) is 18.2 Å². The van der Waals surface area contributed by atoms with Crippen molar-refractivity contribution in [3.05, 3.63) is 28.2 Å². The molecule has 1 atom stereocenters. The van der Waals surface area contributed by atoms with Crippen molar-refractivity contribution in [1.29, 1.82) is 0 Å². The van der Waals surface area contributed by atoms with E-state index in [1.54, 1.807) is 14.2 Å². The van der Waals surface area contributed by atoms with Crippen LogP contribution in [0.3, 0.4) is 0 Å². The second kappa shape index (κ2) is 5.34. The van der Waals surface area contributed by atoms with Crippen LogP contribution in [-0.2, 0) is 4.74 Å². The molecule has 4 heteroatoms. The molecule has 0 saturated heterocycles. The number of hydrogen-bond acceptors (Lipinski definition) is 3. The topological polar surface area (TPSA) is 44.5 Å². The number of halogens is 1. The Morgan fingerprint density at radius 2 is 2.14 bits per heavy atom. The maximum Gasteiger partial charge on any atom is 0.133 e. The van der Waals surface area contributed by atoms with Crippen molar-refractivity contribution < 1.29 is 9.47 Å². The summed E-state index contributed by atoms with van der Waals surface area (Å²) in [7, 11) is 3.28. The highest BCUT2D eigenvalue weighted by molar-refractivity contribution is 9.10. The molecular formula is C10H14BrNO2. The lowest BCUT2D eigenvalue weighted by Crippen LogP contribution is -2.14. The molecule has 0 saturated carbocycles. The van der Waals surface area contributed by atoms with Crippen molar-refractivity contribution in [3.8, 4) is 5.75 Å². The summed E-state index contributed by atoms with van der Waals surface area (Å²) in [6.45, 7) is 0.468. The van der Waals surface area contributed by atoms with E-state index in [2.05, 4.69) is 15.9 Å². The molecule has 0 aromatic heterocycles. The fraction of sp³-hybridized carbons (Fsp3) is 0.400. The lowest BCUT2D eigenvalue weighted by atomic mass is 10.1. The first-order valence-electron chi connectivity index (χ1n) is 4.29. The zero-order valence-electron chi connectivity index (χ0n) is 8.29. The van der Waals surface area contributed by atoms with E-state index in [0.717, 1.165) is 15.8 Å². The molecule has 0 fully saturated rings. The SMILES string of the molecule is COc1ccc(C(CN)OC)cc1Br. The fourth-order valence-corrected chi connectivity index (χ4v) is 1.81. The average Bonchev–Trinajstić information content (AvgIpc) is 2.20. The van der Waals surface area contributed by atoms with E-state index in [1.165, 1.54) is 0 Å². The van der Waals surface area contributed by atoms with Crippen LogP contribution in [0.1, 0.15) is 11.7 Å². The van der Waals surface area contributed by atoms with Crippen LogP contribution in [0.25, 0.3) is 0 Å². The summed E-state index contributed by atoms with van der Waals surface area (Å²) < 4.78 is 11.3. The third kappa shape index (κ3) is 2.47. The van der Waals surface area contributed by atoms with Crippen LogP contribution in [0.5, 0.6) is 5.75 Å². The van der Waals surface area contributed by atoms with Gasteiger partial charge in [0.15, 0.2) is 0 Å². The van der Waals surface area contributed by atoms with Crippen molar-refractivity contribution >= 4 is 15.9 Å². The maximum absolute atomic E-state index is 5.56. The zero-order valence-corrected chi connectivity index (χ0v) is 9.87. The third-order valence-corrected chi connectivity index (χ3v) is 2.67. The lowest BCUT2D eigenvalue weighted by Gasteiger charge is -2.14. The van der Waals surface area contributed by atoms with Crippen LogP contribution < -0.4 is 10.5 Å². The zero-order chi connectivity index (χ0) is 10.6. The van der Waals surface area contributed by atoms with Gasteiger partial charge >= 0.3 is 0 Å². The molecule has 0 bridgehead atoms. The van der Waals surface area contributed by atoms with Crippen LogP contribution in [0, 0.1) is 0 Å². The monoisotopic (exact) mass is 259 g/mol. The third-order valence-electron chi connectivity index (χ3n) is 2.05. The quantitative estimate of drug-likeness (QED) is 0.901. The smallest absolute Gasteiger partial charge is 0.133 e. The van der Waals surface area contributed by atoms with Crippen LogP contribution >= 0.6 is 15.9 Å². The van der Waals surface area contributed by atoms with Crippen LogP contribution in [0.15, 0.2) is 22.7 Å². The fourth-order valence-electron chi connectivity index (χ4n) is 1.25. The normalized spacial score (nSPS) is 12.6. The minimum atomic E-state index is -0.0581. The van der Waals surface area contributed by atoms with Gasteiger partial charge in [0, 0.05) is 13.7 Å². The summed E-state index contributed by atoms with van der Waals surface area (Å²) in [5.41, 5.74) is 6.61. The molecule has 0 heterocycles. The van der Waals surface area contributed by atoms with E-state index in [4.69, 9.17) is 15.2 Å². The Balaban J connectivity index is 2.95. The molecule has 1 unspecified atom stereocenters. The van der Waals surface area contributed by atoms with Crippen molar-refractivity contribution in [2.45, 2.75) is 6.10 Å². The summed E-state index contributed by atoms with van der Waals surface area (Å²) in [5, 5.41) is 0. The first-order chi connectivity index (χ1) is 6.72. The molecule has 3 nitrogen and oxygen atoms in total. The van der Waals surface area contributed by atoms with Crippen molar-refractivity contribution in [2.75, 3.05) is 20.8 Å². The van der Waals surface area contributed by atoms with Crippen LogP contribution in [0.4, 0.5) is 0 Å². The largest absolute Gasteiger partial charge is 0.496 e. The molecular weight excluding hydrogens is 246 g/mol. The van der Waals surface area contributed by atoms with E-state index < -0.39 is 0 Å². The van der Waals surface area contributed by atoms with E-state index in [9.17, 15) is 0 Å². The number of rotatable bonds is 4. The Bertz CT molecular complexity index is 300. The predicted molar refractivity (Wildman–Crippen MR) is 59.5 cm³/mol. The highest BCUT2D eigenvalue weighted by Gasteiger charge is 2.10. The Morgan fingerprint density at radius 1 is 1.43 bits per heavy atom. The summed E-state index contributed by atoms with van der Waals surface area (Å²) >= 11 is 3.41. The molecule has 0 spiro atoms. The summed E-state index contributed by atoms with van der Waals surface area (Å²) in [6.07, 6.45) is -0.0581. The molecule has 0 aliphatic heterocycles. The van der Waals surface area contributed by atoms with Crippen molar-refractivity contribution in [1.82, 2.24) is 0 Å². The maximum atomic E-state index is 5.56. The van der Waals surface area contributed by atoms with Crippen LogP contribution in [0.2, 0.25) is 0 Å². The van der Waals surface area contributed by atoms with Crippen LogP contribution in [-0.4, -0.2) is 20.8 Å². The van der Waals surface area contributed by atoms with Gasteiger partial charge in [-0.15, -0.1) is 0 Å². The molecule has 14 heavy (non-hydrogen) atoms. The van der Waals surface area contributed by atoms with E-state index >= 15 is 0 Å². The molecule has 0 radical (unpaired) electrons. The Kier molecular flexibility index (Phi) is 4.38. The summed E-state index contributed by atoms with van der Waals surface area (Å²) in [4.78, 5) is 0. The molecule has 0 aliphatic rings. The average molecular weight is 260 g/mol. The van der Waals surface area contributed by atoms with E-state index in [-0.39, 0.29) is 6.10 Å². The number of nitrogens with two attached hydrogens (primary N) is 1. The molecule has 1 rings (SSSR count). The molecule has 2 N–H and O–H groups in total. The first kappa shape index (κ1) is 11.5. The Labute approximate surface area is 92.3 Å². The minimum Gasteiger partial charge on any atom is -0.496 e.